The van der Waals surface area contributed by atoms with E-state index in [1.54, 1.807) is 24.1 Å². The molecule has 2 rings (SSSR count). The molecule has 0 saturated heterocycles. The van der Waals surface area contributed by atoms with Gasteiger partial charge in [0.15, 0.2) is 0 Å². The number of phenols is 1. The van der Waals surface area contributed by atoms with E-state index in [1.165, 1.54) is 25.7 Å². The molecule has 1 fully saturated rings. The highest BCUT2D eigenvalue weighted by atomic mass is 16.3. The standard InChI is InChI=1S/C15H22N2O2/c1-17(11-13-6-8-14(18)9-7-13)15(19)16-10-12-4-2-3-5-12/h6-9,12,18H,2-5,10-11H2,1H3,(H,16,19). The van der Waals surface area contributed by atoms with Crippen molar-refractivity contribution < 1.29 is 9.90 Å². The van der Waals surface area contributed by atoms with Crippen LogP contribution in [0.25, 0.3) is 0 Å². The van der Waals surface area contributed by atoms with Crippen LogP contribution in [-0.2, 0) is 6.54 Å². The Morgan fingerprint density at radius 1 is 1.32 bits per heavy atom. The lowest BCUT2D eigenvalue weighted by atomic mass is 10.1. The highest BCUT2D eigenvalue weighted by Crippen LogP contribution is 2.23. The Kier molecular flexibility index (Phi) is 4.66. The molecule has 4 heteroatoms. The molecule has 1 aliphatic rings. The first kappa shape index (κ1) is 13.7. The number of amides is 2. The van der Waals surface area contributed by atoms with Gasteiger partial charge in [0.1, 0.15) is 5.75 Å². The molecule has 0 bridgehead atoms. The van der Waals surface area contributed by atoms with Gasteiger partial charge in [-0.15, -0.1) is 0 Å². The molecule has 0 aliphatic heterocycles. The number of nitrogens with zero attached hydrogens (tertiary/aromatic N) is 1. The van der Waals surface area contributed by atoms with Crippen molar-refractivity contribution in [1.82, 2.24) is 10.2 Å². The number of rotatable bonds is 4. The number of phenolic OH excluding ortho intramolecular Hbond substituents is 1. The normalized spacial score (nSPS) is 15.4. The molecule has 104 valence electrons. The first-order chi connectivity index (χ1) is 9.15. The van der Waals surface area contributed by atoms with Crippen LogP contribution in [-0.4, -0.2) is 29.6 Å². The summed E-state index contributed by atoms with van der Waals surface area (Å²) >= 11 is 0. The molecular formula is C15H22N2O2. The summed E-state index contributed by atoms with van der Waals surface area (Å²) in [6.45, 7) is 1.34. The zero-order valence-corrected chi connectivity index (χ0v) is 11.4. The minimum absolute atomic E-state index is 0.0278. The van der Waals surface area contributed by atoms with Crippen LogP contribution in [0.1, 0.15) is 31.2 Å². The predicted octanol–water partition coefficient (Wildman–Crippen LogP) is 2.72. The molecule has 0 unspecified atom stereocenters. The summed E-state index contributed by atoms with van der Waals surface area (Å²) in [6.07, 6.45) is 5.07. The van der Waals surface area contributed by atoms with E-state index in [4.69, 9.17) is 0 Å². The lowest BCUT2D eigenvalue weighted by Gasteiger charge is -2.19. The fourth-order valence-corrected chi connectivity index (χ4v) is 2.53. The minimum Gasteiger partial charge on any atom is -0.508 e. The summed E-state index contributed by atoms with van der Waals surface area (Å²) in [6, 6.07) is 6.91. The molecule has 2 amide bonds. The summed E-state index contributed by atoms with van der Waals surface area (Å²) in [7, 11) is 1.79. The van der Waals surface area contributed by atoms with Gasteiger partial charge in [0.2, 0.25) is 0 Å². The van der Waals surface area contributed by atoms with Gasteiger partial charge in [0, 0.05) is 20.1 Å². The SMILES string of the molecule is CN(Cc1ccc(O)cc1)C(=O)NCC1CCCC1. The number of aromatic hydroxyl groups is 1. The van der Waals surface area contributed by atoms with Crippen molar-refractivity contribution in [3.05, 3.63) is 29.8 Å². The van der Waals surface area contributed by atoms with Gasteiger partial charge < -0.3 is 15.3 Å². The Balaban J connectivity index is 1.76. The molecule has 0 aromatic heterocycles. The molecule has 1 aromatic rings. The van der Waals surface area contributed by atoms with E-state index in [1.807, 2.05) is 12.1 Å². The topological polar surface area (TPSA) is 52.6 Å². The number of carbonyl (C=O) groups is 1. The highest BCUT2D eigenvalue weighted by molar-refractivity contribution is 5.73. The van der Waals surface area contributed by atoms with E-state index >= 15 is 0 Å². The molecular weight excluding hydrogens is 240 g/mol. The number of urea groups is 1. The second-order valence-electron chi connectivity index (χ2n) is 5.36. The van der Waals surface area contributed by atoms with Crippen molar-refractivity contribution in [2.45, 2.75) is 32.2 Å². The molecule has 1 saturated carbocycles. The third-order valence-corrected chi connectivity index (χ3v) is 3.72. The lowest BCUT2D eigenvalue weighted by molar-refractivity contribution is 0.205. The average Bonchev–Trinajstić information content (AvgIpc) is 2.91. The summed E-state index contributed by atoms with van der Waals surface area (Å²) in [5.74, 6) is 0.906. The van der Waals surface area contributed by atoms with Crippen molar-refractivity contribution in [3.8, 4) is 5.75 Å². The molecule has 19 heavy (non-hydrogen) atoms. The van der Waals surface area contributed by atoms with Crippen molar-refractivity contribution in [3.63, 3.8) is 0 Å². The molecule has 0 atom stereocenters. The summed E-state index contributed by atoms with van der Waals surface area (Å²) < 4.78 is 0. The van der Waals surface area contributed by atoms with Gasteiger partial charge in [-0.2, -0.15) is 0 Å². The first-order valence-corrected chi connectivity index (χ1v) is 6.92. The van der Waals surface area contributed by atoms with Gasteiger partial charge in [0.05, 0.1) is 0 Å². The maximum Gasteiger partial charge on any atom is 0.317 e. The largest absolute Gasteiger partial charge is 0.508 e. The lowest BCUT2D eigenvalue weighted by Crippen LogP contribution is -2.38. The van der Waals surface area contributed by atoms with Crippen molar-refractivity contribution in [2.24, 2.45) is 5.92 Å². The third kappa shape index (κ3) is 4.16. The van der Waals surface area contributed by atoms with Gasteiger partial charge in [-0.3, -0.25) is 0 Å². The number of hydrogen-bond acceptors (Lipinski definition) is 2. The number of benzene rings is 1. The first-order valence-electron chi connectivity index (χ1n) is 6.92. The van der Waals surface area contributed by atoms with E-state index in [0.29, 0.717) is 12.5 Å². The maximum atomic E-state index is 11.9. The summed E-state index contributed by atoms with van der Waals surface area (Å²) in [5, 5.41) is 12.2. The molecule has 1 aliphatic carbocycles. The Labute approximate surface area is 114 Å². The third-order valence-electron chi connectivity index (χ3n) is 3.72. The zero-order chi connectivity index (χ0) is 13.7. The Morgan fingerprint density at radius 2 is 1.95 bits per heavy atom. The Hall–Kier alpha value is -1.71. The van der Waals surface area contributed by atoms with Crippen LogP contribution in [0.15, 0.2) is 24.3 Å². The molecule has 4 nitrogen and oxygen atoms in total. The molecule has 2 N–H and O–H groups in total. The summed E-state index contributed by atoms with van der Waals surface area (Å²) in [5.41, 5.74) is 1.01. The van der Waals surface area contributed by atoms with Crippen LogP contribution < -0.4 is 5.32 Å². The Bertz CT molecular complexity index is 411. The van der Waals surface area contributed by atoms with Crippen molar-refractivity contribution in [1.29, 1.82) is 0 Å². The van der Waals surface area contributed by atoms with Gasteiger partial charge in [0.25, 0.3) is 0 Å². The molecule has 0 radical (unpaired) electrons. The highest BCUT2D eigenvalue weighted by Gasteiger charge is 2.16. The number of hydrogen-bond donors (Lipinski definition) is 2. The van der Waals surface area contributed by atoms with Gasteiger partial charge in [-0.25, -0.2) is 4.79 Å². The van der Waals surface area contributed by atoms with Crippen LogP contribution in [0.5, 0.6) is 5.75 Å². The monoisotopic (exact) mass is 262 g/mol. The van der Waals surface area contributed by atoms with Crippen LogP contribution in [0.4, 0.5) is 4.79 Å². The number of nitrogens with one attached hydrogen (secondary N) is 1. The van der Waals surface area contributed by atoms with E-state index in [9.17, 15) is 9.90 Å². The predicted molar refractivity (Wildman–Crippen MR) is 74.9 cm³/mol. The van der Waals surface area contributed by atoms with Crippen LogP contribution in [0, 0.1) is 5.92 Å². The minimum atomic E-state index is -0.0278. The zero-order valence-electron chi connectivity index (χ0n) is 11.4. The molecule has 0 spiro atoms. The fraction of sp³-hybridized carbons (Fsp3) is 0.533. The van der Waals surface area contributed by atoms with E-state index in [-0.39, 0.29) is 11.8 Å². The summed E-state index contributed by atoms with van der Waals surface area (Å²) in [4.78, 5) is 13.6. The van der Waals surface area contributed by atoms with E-state index in [2.05, 4.69) is 5.32 Å². The van der Waals surface area contributed by atoms with Crippen molar-refractivity contribution >= 4 is 6.03 Å². The van der Waals surface area contributed by atoms with Gasteiger partial charge in [-0.1, -0.05) is 25.0 Å². The van der Waals surface area contributed by atoms with Crippen LogP contribution in [0.2, 0.25) is 0 Å². The van der Waals surface area contributed by atoms with E-state index in [0.717, 1.165) is 12.1 Å². The molecule has 0 heterocycles. The van der Waals surface area contributed by atoms with Gasteiger partial charge >= 0.3 is 6.03 Å². The van der Waals surface area contributed by atoms with Crippen LogP contribution >= 0.6 is 0 Å². The molecule has 1 aromatic carbocycles. The quantitative estimate of drug-likeness (QED) is 0.876. The number of carbonyl (C=O) groups excluding carboxylic acids is 1. The average molecular weight is 262 g/mol. The van der Waals surface area contributed by atoms with E-state index < -0.39 is 0 Å². The fourth-order valence-electron chi connectivity index (χ4n) is 2.53. The Morgan fingerprint density at radius 3 is 2.58 bits per heavy atom. The van der Waals surface area contributed by atoms with Crippen LogP contribution in [0.3, 0.4) is 0 Å². The second kappa shape index (κ2) is 6.45. The maximum absolute atomic E-state index is 11.9. The smallest absolute Gasteiger partial charge is 0.317 e. The van der Waals surface area contributed by atoms with Crippen molar-refractivity contribution in [2.75, 3.05) is 13.6 Å². The van der Waals surface area contributed by atoms with Gasteiger partial charge in [-0.05, 0) is 36.5 Å². The second-order valence-corrected chi connectivity index (χ2v) is 5.36.